The number of para-hydroxylation sites is 1. The zero-order valence-corrected chi connectivity index (χ0v) is 8.35. The van der Waals surface area contributed by atoms with Gasteiger partial charge in [-0.25, -0.2) is 0 Å². The second-order valence-corrected chi connectivity index (χ2v) is 3.43. The highest BCUT2D eigenvalue weighted by Crippen LogP contribution is 2.14. The Morgan fingerprint density at radius 2 is 1.53 bits per heavy atom. The van der Waals surface area contributed by atoms with Crippen molar-refractivity contribution in [2.75, 3.05) is 0 Å². The van der Waals surface area contributed by atoms with E-state index in [2.05, 4.69) is 17.2 Å². The van der Waals surface area contributed by atoms with Crippen molar-refractivity contribution in [3.8, 4) is 0 Å². The van der Waals surface area contributed by atoms with Crippen LogP contribution in [0.1, 0.15) is 11.1 Å². The van der Waals surface area contributed by atoms with E-state index in [0.29, 0.717) is 0 Å². The molecule has 15 heavy (non-hydrogen) atoms. The first-order valence-electron chi connectivity index (χ1n) is 4.92. The second kappa shape index (κ2) is 4.51. The van der Waals surface area contributed by atoms with Gasteiger partial charge in [0, 0.05) is 18.1 Å². The Hall–Kier alpha value is -1.96. The van der Waals surface area contributed by atoms with Crippen LogP contribution in [0.5, 0.6) is 0 Å². The second-order valence-electron chi connectivity index (χ2n) is 3.43. The summed E-state index contributed by atoms with van der Waals surface area (Å²) < 4.78 is 0. The summed E-state index contributed by atoms with van der Waals surface area (Å²) in [6.07, 6.45) is 0.824. The summed E-state index contributed by atoms with van der Waals surface area (Å²) in [5, 5.41) is 2.22. The Morgan fingerprint density at radius 1 is 0.867 bits per heavy atom. The SMILES string of the molecule is [N-]=[NH+]c1ccccc1Cc1ccccc1. The highest BCUT2D eigenvalue weighted by Gasteiger charge is 2.03. The predicted octanol–water partition coefficient (Wildman–Crippen LogP) is 2.01. The first kappa shape index (κ1) is 9.59. The van der Waals surface area contributed by atoms with Gasteiger partial charge in [0.15, 0.2) is 5.69 Å². The molecule has 0 saturated carbocycles. The quantitative estimate of drug-likeness (QED) is 0.729. The third-order valence-electron chi connectivity index (χ3n) is 2.38. The highest BCUT2D eigenvalue weighted by molar-refractivity contribution is 5.41. The lowest BCUT2D eigenvalue weighted by Crippen LogP contribution is -2.55. The van der Waals surface area contributed by atoms with Crippen LogP contribution >= 0.6 is 0 Å². The Balaban J connectivity index is 2.28. The van der Waals surface area contributed by atoms with Crippen molar-refractivity contribution in [2.45, 2.75) is 6.42 Å². The molecule has 0 amide bonds. The fourth-order valence-corrected chi connectivity index (χ4v) is 1.60. The molecule has 0 radical (unpaired) electrons. The van der Waals surface area contributed by atoms with Crippen molar-refractivity contribution in [1.82, 2.24) is 0 Å². The molecule has 0 aliphatic carbocycles. The molecule has 0 fully saturated rings. The fourth-order valence-electron chi connectivity index (χ4n) is 1.60. The summed E-state index contributed by atoms with van der Waals surface area (Å²) in [6.45, 7) is 0. The molecule has 0 aliphatic heterocycles. The molecule has 2 heteroatoms. The van der Waals surface area contributed by atoms with Crippen LogP contribution in [0.2, 0.25) is 0 Å². The van der Waals surface area contributed by atoms with E-state index < -0.39 is 0 Å². The molecule has 0 aromatic heterocycles. The minimum absolute atomic E-state index is 0.765. The smallest absolute Gasteiger partial charge is 0.196 e. The lowest BCUT2D eigenvalue weighted by atomic mass is 10.0. The van der Waals surface area contributed by atoms with Gasteiger partial charge in [-0.1, -0.05) is 48.5 Å². The van der Waals surface area contributed by atoms with Gasteiger partial charge in [-0.15, -0.1) is 0 Å². The lowest BCUT2D eigenvalue weighted by molar-refractivity contribution is -0.380. The normalized spacial score (nSPS) is 9.87. The number of hydrogen-bond acceptors (Lipinski definition) is 0. The van der Waals surface area contributed by atoms with Gasteiger partial charge in [-0.3, -0.25) is 5.11 Å². The van der Waals surface area contributed by atoms with E-state index in [4.69, 9.17) is 5.53 Å². The number of nitrogens with zero attached hydrogens (tertiary/aromatic N) is 1. The molecule has 0 aliphatic rings. The summed E-state index contributed by atoms with van der Waals surface area (Å²) in [5.74, 6) is 0. The molecule has 0 heterocycles. The Kier molecular flexibility index (Phi) is 2.88. The molecule has 0 saturated heterocycles. The molecule has 2 rings (SSSR count). The van der Waals surface area contributed by atoms with Crippen LogP contribution in [0.4, 0.5) is 5.69 Å². The summed E-state index contributed by atoms with van der Waals surface area (Å²) in [6, 6.07) is 17.9. The van der Waals surface area contributed by atoms with Crippen LogP contribution in [-0.2, 0) is 6.42 Å². The third kappa shape index (κ3) is 2.29. The maximum absolute atomic E-state index is 8.95. The zero-order chi connectivity index (χ0) is 10.5. The van der Waals surface area contributed by atoms with Crippen LogP contribution in [0.3, 0.4) is 0 Å². The monoisotopic (exact) mass is 196 g/mol. The molecular formula is C13H12N2. The lowest BCUT2D eigenvalue weighted by Gasteiger charge is -2.02. The van der Waals surface area contributed by atoms with E-state index in [-0.39, 0.29) is 0 Å². The highest BCUT2D eigenvalue weighted by atomic mass is 15.0. The van der Waals surface area contributed by atoms with E-state index in [0.717, 1.165) is 17.7 Å². The number of rotatable bonds is 3. The Bertz CT molecular complexity index is 449. The zero-order valence-electron chi connectivity index (χ0n) is 8.35. The van der Waals surface area contributed by atoms with Gasteiger partial charge in [0.05, 0.1) is 0 Å². The van der Waals surface area contributed by atoms with E-state index in [1.54, 1.807) is 0 Å². The molecule has 0 bridgehead atoms. The van der Waals surface area contributed by atoms with E-state index in [1.807, 2.05) is 42.5 Å². The average Bonchev–Trinajstić information content (AvgIpc) is 2.31. The standard InChI is InChI=1S/C13H12N2/c14-15-13-9-5-4-8-12(13)10-11-6-2-1-3-7-11/h1-9,15H,10H2. The summed E-state index contributed by atoms with van der Waals surface area (Å²) in [5.41, 5.74) is 12.0. The molecular weight excluding hydrogens is 184 g/mol. The van der Waals surface area contributed by atoms with Crippen molar-refractivity contribution in [1.29, 1.82) is 0 Å². The fraction of sp³-hybridized carbons (Fsp3) is 0.0769. The van der Waals surface area contributed by atoms with Gasteiger partial charge in [0.25, 0.3) is 0 Å². The van der Waals surface area contributed by atoms with Crippen LogP contribution < -0.4 is 5.11 Å². The van der Waals surface area contributed by atoms with Gasteiger partial charge < -0.3 is 5.53 Å². The van der Waals surface area contributed by atoms with Crippen molar-refractivity contribution in [3.05, 3.63) is 71.3 Å². The Morgan fingerprint density at radius 3 is 2.27 bits per heavy atom. The van der Waals surface area contributed by atoms with Crippen molar-refractivity contribution in [2.24, 2.45) is 0 Å². The van der Waals surface area contributed by atoms with E-state index >= 15 is 0 Å². The molecule has 0 unspecified atom stereocenters. The maximum Gasteiger partial charge on any atom is 0.196 e. The van der Waals surface area contributed by atoms with E-state index in [1.165, 1.54) is 5.56 Å². The summed E-state index contributed by atoms with van der Waals surface area (Å²) in [7, 11) is 0. The molecule has 0 atom stereocenters. The van der Waals surface area contributed by atoms with Crippen LogP contribution in [0.25, 0.3) is 5.53 Å². The minimum Gasteiger partial charge on any atom is -0.502 e. The van der Waals surface area contributed by atoms with Crippen molar-refractivity contribution >= 4 is 5.69 Å². The predicted molar refractivity (Wildman–Crippen MR) is 59.7 cm³/mol. The van der Waals surface area contributed by atoms with Crippen LogP contribution in [0.15, 0.2) is 54.6 Å². The number of nitrogens with one attached hydrogen (secondary N) is 1. The van der Waals surface area contributed by atoms with Gasteiger partial charge in [0.1, 0.15) is 0 Å². The largest absolute Gasteiger partial charge is 0.502 e. The first-order valence-corrected chi connectivity index (χ1v) is 4.92. The summed E-state index contributed by atoms with van der Waals surface area (Å²) >= 11 is 0. The topological polar surface area (TPSA) is 36.3 Å². The van der Waals surface area contributed by atoms with Gasteiger partial charge >= 0.3 is 0 Å². The van der Waals surface area contributed by atoms with Gasteiger partial charge in [-0.2, -0.15) is 0 Å². The van der Waals surface area contributed by atoms with Crippen LogP contribution in [-0.4, -0.2) is 0 Å². The van der Waals surface area contributed by atoms with Gasteiger partial charge in [0.2, 0.25) is 0 Å². The molecule has 2 aromatic carbocycles. The molecule has 1 N–H and O–H groups in total. The maximum atomic E-state index is 8.95. The summed E-state index contributed by atoms with van der Waals surface area (Å²) in [4.78, 5) is 0. The first-order chi connectivity index (χ1) is 7.40. The molecule has 2 aromatic rings. The number of benzene rings is 2. The van der Waals surface area contributed by atoms with Gasteiger partial charge in [-0.05, 0) is 5.56 Å². The van der Waals surface area contributed by atoms with Crippen molar-refractivity contribution < 1.29 is 5.11 Å². The minimum atomic E-state index is 0.765. The molecule has 2 nitrogen and oxygen atoms in total. The Labute approximate surface area is 89.1 Å². The van der Waals surface area contributed by atoms with Crippen LogP contribution in [0, 0.1) is 0 Å². The third-order valence-corrected chi connectivity index (χ3v) is 2.38. The van der Waals surface area contributed by atoms with Crippen molar-refractivity contribution in [3.63, 3.8) is 0 Å². The average molecular weight is 196 g/mol. The number of hydrogen-bond donors (Lipinski definition) is 1. The van der Waals surface area contributed by atoms with E-state index in [9.17, 15) is 0 Å². The molecule has 0 spiro atoms. The molecule has 74 valence electrons.